The predicted molar refractivity (Wildman–Crippen MR) is 73.4 cm³/mol. The van der Waals surface area contributed by atoms with Gasteiger partial charge >= 0.3 is 5.97 Å². The van der Waals surface area contributed by atoms with Crippen LogP contribution in [0.15, 0.2) is 18.3 Å². The summed E-state index contributed by atoms with van der Waals surface area (Å²) in [6.45, 7) is 1.98. The number of fused-ring (bicyclic) bond motifs is 1. The van der Waals surface area contributed by atoms with E-state index >= 15 is 0 Å². The number of imidazole rings is 1. The summed E-state index contributed by atoms with van der Waals surface area (Å²) in [6.07, 6.45) is 3.67. The second-order valence-corrected chi connectivity index (χ2v) is 5.07. The van der Waals surface area contributed by atoms with Gasteiger partial charge in [-0.3, -0.25) is 4.40 Å². The van der Waals surface area contributed by atoms with Crippen molar-refractivity contribution in [3.8, 4) is 5.75 Å². The molecule has 6 heteroatoms. The molecule has 3 rings (SSSR count). The number of carbonyl (C=O) groups is 1. The first kappa shape index (κ1) is 12.9. The first-order valence-electron chi connectivity index (χ1n) is 6.68. The number of ether oxygens (including phenoxy) is 1. The molecule has 1 aliphatic heterocycles. The third-order valence-electron chi connectivity index (χ3n) is 3.75. The van der Waals surface area contributed by atoms with Crippen molar-refractivity contribution in [3.05, 3.63) is 29.8 Å². The summed E-state index contributed by atoms with van der Waals surface area (Å²) >= 11 is 0. The topological polar surface area (TPSA) is 75.9 Å². The number of carboxylic acid groups (broad SMARTS) is 1. The third kappa shape index (κ3) is 2.22. The smallest absolute Gasteiger partial charge is 0.356 e. The second-order valence-electron chi connectivity index (χ2n) is 5.07. The number of aromatic nitrogens is 2. The highest BCUT2D eigenvalue weighted by Gasteiger charge is 2.21. The van der Waals surface area contributed by atoms with E-state index in [1.165, 1.54) is 0 Å². The molecule has 1 fully saturated rings. The van der Waals surface area contributed by atoms with Crippen molar-refractivity contribution in [2.75, 3.05) is 20.2 Å². The highest BCUT2D eigenvalue weighted by Crippen LogP contribution is 2.22. The number of nitrogens with one attached hydrogen (secondary N) is 1. The van der Waals surface area contributed by atoms with Crippen molar-refractivity contribution in [1.29, 1.82) is 0 Å². The Labute approximate surface area is 116 Å². The van der Waals surface area contributed by atoms with Crippen LogP contribution in [0, 0.1) is 5.92 Å². The Balaban J connectivity index is 2.06. The van der Waals surface area contributed by atoms with Gasteiger partial charge in [-0.1, -0.05) is 0 Å². The minimum atomic E-state index is -0.997. The predicted octanol–water partition coefficient (Wildman–Crippen LogP) is 1.19. The van der Waals surface area contributed by atoms with Gasteiger partial charge < -0.3 is 15.2 Å². The molecular formula is C14H17N3O3. The van der Waals surface area contributed by atoms with E-state index in [1.807, 2.05) is 4.40 Å². The fourth-order valence-electron chi connectivity index (χ4n) is 2.70. The van der Waals surface area contributed by atoms with E-state index in [4.69, 9.17) is 4.74 Å². The van der Waals surface area contributed by atoms with E-state index in [0.717, 1.165) is 31.8 Å². The Morgan fingerprint density at radius 3 is 3.10 bits per heavy atom. The Morgan fingerprint density at radius 1 is 1.60 bits per heavy atom. The maximum atomic E-state index is 11.3. The van der Waals surface area contributed by atoms with Crippen LogP contribution in [0.3, 0.4) is 0 Å². The molecule has 0 spiro atoms. The number of hydrogen-bond donors (Lipinski definition) is 2. The van der Waals surface area contributed by atoms with Crippen LogP contribution in [0.4, 0.5) is 0 Å². The molecule has 0 amide bonds. The molecule has 0 saturated carbocycles. The van der Waals surface area contributed by atoms with Gasteiger partial charge in [0.2, 0.25) is 0 Å². The van der Waals surface area contributed by atoms with Crippen molar-refractivity contribution < 1.29 is 14.6 Å². The molecule has 0 aromatic carbocycles. The minimum Gasteiger partial charge on any atom is -0.495 e. The first-order chi connectivity index (χ1) is 9.69. The van der Waals surface area contributed by atoms with Gasteiger partial charge in [0, 0.05) is 6.42 Å². The standard InChI is InChI=1S/C14H17N3O3/c1-20-10-2-3-11-13(14(18)19)16-12(17(11)8-10)6-9-4-5-15-7-9/h2-3,8-9,15H,4-7H2,1H3,(H,18,19). The number of nitrogens with zero attached hydrogens (tertiary/aromatic N) is 2. The van der Waals surface area contributed by atoms with E-state index in [-0.39, 0.29) is 5.69 Å². The summed E-state index contributed by atoms with van der Waals surface area (Å²) in [5, 5.41) is 12.6. The summed E-state index contributed by atoms with van der Waals surface area (Å²) < 4.78 is 7.04. The zero-order valence-corrected chi connectivity index (χ0v) is 11.3. The molecule has 1 unspecified atom stereocenters. The molecule has 2 aromatic heterocycles. The molecular weight excluding hydrogens is 258 g/mol. The van der Waals surface area contributed by atoms with Crippen molar-refractivity contribution in [2.45, 2.75) is 12.8 Å². The van der Waals surface area contributed by atoms with E-state index < -0.39 is 5.97 Å². The molecule has 20 heavy (non-hydrogen) atoms. The number of pyridine rings is 1. The summed E-state index contributed by atoms with van der Waals surface area (Å²) in [5.74, 6) is 0.986. The van der Waals surface area contributed by atoms with Crippen molar-refractivity contribution >= 4 is 11.5 Å². The van der Waals surface area contributed by atoms with E-state index in [2.05, 4.69) is 10.3 Å². The second kappa shape index (κ2) is 5.13. The molecule has 2 aromatic rings. The molecule has 0 aliphatic carbocycles. The summed E-state index contributed by atoms with van der Waals surface area (Å²) in [5.41, 5.74) is 0.716. The molecule has 0 bridgehead atoms. The molecule has 1 saturated heterocycles. The van der Waals surface area contributed by atoms with Crippen molar-refractivity contribution in [2.24, 2.45) is 5.92 Å². The lowest BCUT2D eigenvalue weighted by Gasteiger charge is -2.08. The minimum absolute atomic E-state index is 0.105. The summed E-state index contributed by atoms with van der Waals surface area (Å²) in [6, 6.07) is 3.50. The average molecular weight is 275 g/mol. The SMILES string of the molecule is COc1ccc2c(C(=O)O)nc(CC3CCNC3)n2c1. The van der Waals surface area contributed by atoms with Crippen LogP contribution in [0.2, 0.25) is 0 Å². The van der Waals surface area contributed by atoms with Gasteiger partial charge in [-0.2, -0.15) is 0 Å². The number of rotatable bonds is 4. The van der Waals surface area contributed by atoms with E-state index in [9.17, 15) is 9.90 Å². The average Bonchev–Trinajstić information content (AvgIpc) is 3.07. The summed E-state index contributed by atoms with van der Waals surface area (Å²) in [4.78, 5) is 15.6. The maximum Gasteiger partial charge on any atom is 0.356 e. The first-order valence-corrected chi connectivity index (χ1v) is 6.68. The van der Waals surface area contributed by atoms with Gasteiger partial charge in [0.1, 0.15) is 11.6 Å². The highest BCUT2D eigenvalue weighted by molar-refractivity contribution is 5.93. The van der Waals surface area contributed by atoms with Crippen LogP contribution >= 0.6 is 0 Å². The van der Waals surface area contributed by atoms with Crippen LogP contribution in [0.25, 0.3) is 5.52 Å². The lowest BCUT2D eigenvalue weighted by molar-refractivity contribution is 0.0693. The largest absolute Gasteiger partial charge is 0.495 e. The normalized spacial score (nSPS) is 18.6. The lowest BCUT2D eigenvalue weighted by atomic mass is 10.0. The van der Waals surface area contributed by atoms with Crippen LogP contribution in [-0.4, -0.2) is 40.7 Å². The molecule has 3 heterocycles. The van der Waals surface area contributed by atoms with Gasteiger partial charge in [0.05, 0.1) is 18.8 Å². The van der Waals surface area contributed by atoms with Crippen molar-refractivity contribution in [1.82, 2.24) is 14.7 Å². The van der Waals surface area contributed by atoms with Crippen LogP contribution in [0.5, 0.6) is 5.75 Å². The number of hydrogen-bond acceptors (Lipinski definition) is 4. The zero-order valence-electron chi connectivity index (χ0n) is 11.3. The van der Waals surface area contributed by atoms with Crippen LogP contribution < -0.4 is 10.1 Å². The maximum absolute atomic E-state index is 11.3. The quantitative estimate of drug-likeness (QED) is 0.876. The number of carboxylic acids is 1. The molecule has 106 valence electrons. The van der Waals surface area contributed by atoms with Gasteiger partial charge in [-0.15, -0.1) is 0 Å². The Morgan fingerprint density at radius 2 is 2.45 bits per heavy atom. The van der Waals surface area contributed by atoms with Crippen molar-refractivity contribution in [3.63, 3.8) is 0 Å². The Hall–Kier alpha value is -2.08. The van der Waals surface area contributed by atoms with Crippen LogP contribution in [0.1, 0.15) is 22.7 Å². The Bertz CT molecular complexity index is 644. The molecule has 6 nitrogen and oxygen atoms in total. The van der Waals surface area contributed by atoms with Gasteiger partial charge in [0.15, 0.2) is 5.69 Å². The van der Waals surface area contributed by atoms with Gasteiger partial charge in [0.25, 0.3) is 0 Å². The highest BCUT2D eigenvalue weighted by atomic mass is 16.5. The van der Waals surface area contributed by atoms with Crippen LogP contribution in [-0.2, 0) is 6.42 Å². The molecule has 1 aliphatic rings. The molecule has 2 N–H and O–H groups in total. The zero-order chi connectivity index (χ0) is 14.1. The number of methoxy groups -OCH3 is 1. The fraction of sp³-hybridized carbons (Fsp3) is 0.429. The molecule has 0 radical (unpaired) electrons. The van der Waals surface area contributed by atoms with E-state index in [0.29, 0.717) is 17.2 Å². The summed E-state index contributed by atoms with van der Waals surface area (Å²) in [7, 11) is 1.59. The van der Waals surface area contributed by atoms with Gasteiger partial charge in [-0.25, -0.2) is 9.78 Å². The Kier molecular flexibility index (Phi) is 3.31. The monoisotopic (exact) mass is 275 g/mol. The molecule has 1 atom stereocenters. The van der Waals surface area contributed by atoms with Gasteiger partial charge in [-0.05, 0) is 37.6 Å². The fourth-order valence-corrected chi connectivity index (χ4v) is 2.70. The third-order valence-corrected chi connectivity index (χ3v) is 3.75. The number of aromatic carboxylic acids is 1. The van der Waals surface area contributed by atoms with E-state index in [1.54, 1.807) is 25.4 Å². The lowest BCUT2D eigenvalue weighted by Crippen LogP contribution is -2.12.